The highest BCUT2D eigenvalue weighted by atomic mass is 35.5. The van der Waals surface area contributed by atoms with Gasteiger partial charge in [0.1, 0.15) is 0 Å². The lowest BCUT2D eigenvalue weighted by Gasteiger charge is -2.34. The lowest BCUT2D eigenvalue weighted by molar-refractivity contribution is 0.131. The summed E-state index contributed by atoms with van der Waals surface area (Å²) in [5.74, 6) is 0.845. The van der Waals surface area contributed by atoms with Crippen LogP contribution in [0, 0.1) is 0 Å². The van der Waals surface area contributed by atoms with Gasteiger partial charge in [0.15, 0.2) is 5.76 Å². The molecule has 0 radical (unpaired) electrons. The van der Waals surface area contributed by atoms with Crippen LogP contribution in [0.4, 0.5) is 0 Å². The molecule has 0 aliphatic carbocycles. The molecule has 0 bridgehead atoms. The number of likely N-dealkylation sites (tertiary alicyclic amines) is 1. The molecule has 120 valence electrons. The van der Waals surface area contributed by atoms with Gasteiger partial charge in [-0.15, -0.1) is 12.4 Å². The first-order valence-corrected chi connectivity index (χ1v) is 7.82. The molecular formula is C17H24ClN3O. The van der Waals surface area contributed by atoms with Crippen molar-refractivity contribution in [3.63, 3.8) is 0 Å². The maximum absolute atomic E-state index is 5.73. The normalized spacial score (nSPS) is 18.9. The number of hydrogen-bond acceptors (Lipinski definition) is 4. The van der Waals surface area contributed by atoms with Crippen LogP contribution in [0.5, 0.6) is 0 Å². The predicted octanol–water partition coefficient (Wildman–Crippen LogP) is 3.47. The van der Waals surface area contributed by atoms with E-state index in [4.69, 9.17) is 10.3 Å². The molecule has 0 saturated carbocycles. The van der Waals surface area contributed by atoms with E-state index in [1.54, 1.807) is 0 Å². The summed E-state index contributed by atoms with van der Waals surface area (Å²) in [5.41, 5.74) is 7.82. The topological polar surface area (TPSA) is 55.3 Å². The zero-order chi connectivity index (χ0) is 14.5. The number of aromatic nitrogens is 1. The average Bonchev–Trinajstić information content (AvgIpc) is 2.99. The molecule has 1 saturated heterocycles. The van der Waals surface area contributed by atoms with Gasteiger partial charge in [0, 0.05) is 24.2 Å². The molecule has 1 aromatic heterocycles. The van der Waals surface area contributed by atoms with Crippen LogP contribution < -0.4 is 5.73 Å². The van der Waals surface area contributed by atoms with Crippen LogP contribution in [0.2, 0.25) is 0 Å². The number of rotatable bonds is 5. The maximum Gasteiger partial charge on any atom is 0.167 e. The first-order valence-electron chi connectivity index (χ1n) is 7.82. The highest BCUT2D eigenvalue weighted by Gasteiger charge is 2.22. The molecule has 0 amide bonds. The molecule has 3 rings (SSSR count). The molecule has 1 unspecified atom stereocenters. The summed E-state index contributed by atoms with van der Waals surface area (Å²) in [7, 11) is 0. The highest BCUT2D eigenvalue weighted by molar-refractivity contribution is 5.85. The molecule has 2 aromatic rings. The van der Waals surface area contributed by atoms with Crippen LogP contribution in [0.3, 0.4) is 0 Å². The van der Waals surface area contributed by atoms with E-state index in [2.05, 4.69) is 16.1 Å². The summed E-state index contributed by atoms with van der Waals surface area (Å²) in [5, 5.41) is 4.23. The second-order valence-electron chi connectivity index (χ2n) is 5.75. The standard InChI is InChI=1S/C17H23N3O.ClH/c18-10-9-16-8-4-5-11-20(16)13-15-12-17(21-19-15)14-6-2-1-3-7-14;/h1-3,6-7,12,16H,4-5,8-11,13,18H2;1H. The van der Waals surface area contributed by atoms with Crippen molar-refractivity contribution in [1.82, 2.24) is 10.1 Å². The summed E-state index contributed by atoms with van der Waals surface area (Å²) in [6.45, 7) is 2.76. The minimum Gasteiger partial charge on any atom is -0.356 e. The van der Waals surface area contributed by atoms with Crippen LogP contribution in [0.15, 0.2) is 40.9 Å². The molecule has 4 nitrogen and oxygen atoms in total. The van der Waals surface area contributed by atoms with Crippen molar-refractivity contribution in [2.75, 3.05) is 13.1 Å². The first-order chi connectivity index (χ1) is 10.4. The van der Waals surface area contributed by atoms with Crippen molar-refractivity contribution < 1.29 is 4.52 Å². The van der Waals surface area contributed by atoms with Gasteiger partial charge in [0.25, 0.3) is 0 Å². The number of nitrogens with zero attached hydrogens (tertiary/aromatic N) is 2. The Bertz CT molecular complexity index is 556. The molecule has 1 fully saturated rings. The van der Waals surface area contributed by atoms with Crippen LogP contribution in [-0.4, -0.2) is 29.2 Å². The van der Waals surface area contributed by atoms with Gasteiger partial charge in [0.2, 0.25) is 0 Å². The zero-order valence-corrected chi connectivity index (χ0v) is 13.6. The maximum atomic E-state index is 5.73. The second-order valence-corrected chi connectivity index (χ2v) is 5.75. The van der Waals surface area contributed by atoms with Gasteiger partial charge in [-0.2, -0.15) is 0 Å². The van der Waals surface area contributed by atoms with Gasteiger partial charge in [-0.05, 0) is 32.4 Å². The number of hydrogen-bond donors (Lipinski definition) is 1. The summed E-state index contributed by atoms with van der Waals surface area (Å²) in [4.78, 5) is 2.50. The molecular weight excluding hydrogens is 298 g/mol. The molecule has 0 spiro atoms. The van der Waals surface area contributed by atoms with Crippen molar-refractivity contribution in [3.05, 3.63) is 42.1 Å². The Morgan fingerprint density at radius 2 is 2.05 bits per heavy atom. The number of piperidine rings is 1. The number of benzene rings is 1. The van der Waals surface area contributed by atoms with E-state index in [-0.39, 0.29) is 12.4 Å². The Hall–Kier alpha value is -1.36. The van der Waals surface area contributed by atoms with E-state index < -0.39 is 0 Å². The average molecular weight is 322 g/mol. The van der Waals surface area contributed by atoms with Gasteiger partial charge < -0.3 is 10.3 Å². The fourth-order valence-corrected chi connectivity index (χ4v) is 3.12. The molecule has 1 aromatic carbocycles. The van der Waals surface area contributed by atoms with Crippen molar-refractivity contribution in [2.45, 2.75) is 38.3 Å². The Kier molecular flexibility index (Phi) is 6.43. The molecule has 2 N–H and O–H groups in total. The van der Waals surface area contributed by atoms with Crippen molar-refractivity contribution >= 4 is 12.4 Å². The van der Waals surface area contributed by atoms with E-state index in [0.29, 0.717) is 6.04 Å². The van der Waals surface area contributed by atoms with Crippen molar-refractivity contribution in [2.24, 2.45) is 5.73 Å². The highest BCUT2D eigenvalue weighted by Crippen LogP contribution is 2.24. The van der Waals surface area contributed by atoms with Gasteiger partial charge >= 0.3 is 0 Å². The number of halogens is 1. The van der Waals surface area contributed by atoms with Crippen LogP contribution in [0.1, 0.15) is 31.4 Å². The SMILES string of the molecule is Cl.NCCC1CCCCN1Cc1cc(-c2ccccc2)on1. The third kappa shape index (κ3) is 4.09. The zero-order valence-electron chi connectivity index (χ0n) is 12.8. The lowest BCUT2D eigenvalue weighted by Crippen LogP contribution is -2.40. The summed E-state index contributed by atoms with van der Waals surface area (Å²) < 4.78 is 5.49. The van der Waals surface area contributed by atoms with Crippen LogP contribution in [-0.2, 0) is 6.54 Å². The van der Waals surface area contributed by atoms with Gasteiger partial charge in [-0.3, -0.25) is 4.90 Å². The Morgan fingerprint density at radius 3 is 2.82 bits per heavy atom. The second kappa shape index (κ2) is 8.32. The molecule has 2 heterocycles. The van der Waals surface area contributed by atoms with Crippen LogP contribution >= 0.6 is 12.4 Å². The van der Waals surface area contributed by atoms with E-state index in [0.717, 1.165) is 43.1 Å². The third-order valence-corrected chi connectivity index (χ3v) is 4.23. The van der Waals surface area contributed by atoms with E-state index >= 15 is 0 Å². The minimum atomic E-state index is 0. The Labute approximate surface area is 138 Å². The summed E-state index contributed by atoms with van der Waals surface area (Å²) >= 11 is 0. The van der Waals surface area contributed by atoms with Crippen LogP contribution in [0.25, 0.3) is 11.3 Å². The summed E-state index contributed by atoms with van der Waals surface area (Å²) in [6, 6.07) is 12.8. The quantitative estimate of drug-likeness (QED) is 0.916. The Morgan fingerprint density at radius 1 is 1.23 bits per heavy atom. The van der Waals surface area contributed by atoms with E-state index in [9.17, 15) is 0 Å². The lowest BCUT2D eigenvalue weighted by atomic mass is 9.99. The third-order valence-electron chi connectivity index (χ3n) is 4.23. The smallest absolute Gasteiger partial charge is 0.167 e. The fraction of sp³-hybridized carbons (Fsp3) is 0.471. The van der Waals surface area contributed by atoms with Crippen molar-refractivity contribution in [3.8, 4) is 11.3 Å². The predicted molar refractivity (Wildman–Crippen MR) is 90.9 cm³/mol. The van der Waals surface area contributed by atoms with Gasteiger partial charge in [-0.25, -0.2) is 0 Å². The number of nitrogens with two attached hydrogens (primary N) is 1. The van der Waals surface area contributed by atoms with Crippen molar-refractivity contribution in [1.29, 1.82) is 0 Å². The molecule has 1 aliphatic rings. The van der Waals surface area contributed by atoms with Gasteiger partial charge in [-0.1, -0.05) is 41.9 Å². The molecule has 22 heavy (non-hydrogen) atoms. The minimum absolute atomic E-state index is 0. The molecule has 1 aliphatic heterocycles. The molecule has 1 atom stereocenters. The monoisotopic (exact) mass is 321 g/mol. The van der Waals surface area contributed by atoms with E-state index in [1.807, 2.05) is 30.3 Å². The first kappa shape index (κ1) is 17.0. The summed E-state index contributed by atoms with van der Waals surface area (Å²) in [6.07, 6.45) is 4.91. The fourth-order valence-electron chi connectivity index (χ4n) is 3.12. The van der Waals surface area contributed by atoms with Gasteiger partial charge in [0.05, 0.1) is 5.69 Å². The Balaban J connectivity index is 0.00000176. The van der Waals surface area contributed by atoms with E-state index in [1.165, 1.54) is 19.3 Å². The molecule has 5 heteroatoms. The largest absolute Gasteiger partial charge is 0.356 e.